The van der Waals surface area contributed by atoms with E-state index in [4.69, 9.17) is 0 Å². The number of hydrogen-bond donors (Lipinski definition) is 2. The average molecular weight is 362 g/mol. The number of para-hydroxylation sites is 1. The summed E-state index contributed by atoms with van der Waals surface area (Å²) >= 11 is 0. The molecule has 138 valence electrons. The van der Waals surface area contributed by atoms with Crippen LogP contribution in [0.15, 0.2) is 60.8 Å². The third-order valence-corrected chi connectivity index (χ3v) is 3.95. The Balaban J connectivity index is 2.01. The van der Waals surface area contributed by atoms with E-state index in [1.165, 1.54) is 6.20 Å². The summed E-state index contributed by atoms with van der Waals surface area (Å²) in [5.41, 5.74) is 2.57. The van der Waals surface area contributed by atoms with Crippen LogP contribution in [0.1, 0.15) is 40.1 Å². The van der Waals surface area contributed by atoms with Crippen molar-refractivity contribution in [2.24, 2.45) is 0 Å². The first-order valence-corrected chi connectivity index (χ1v) is 8.78. The molecule has 0 aliphatic carbocycles. The normalized spacial score (nSPS) is 10.7. The first kappa shape index (κ1) is 18.4. The molecule has 0 aliphatic heterocycles. The number of anilines is 1. The summed E-state index contributed by atoms with van der Waals surface area (Å²) < 4.78 is 1.56. The Labute approximate surface area is 158 Å². The number of aromatic nitrogens is 2. The van der Waals surface area contributed by atoms with Gasteiger partial charge in [-0.25, -0.2) is 4.68 Å². The van der Waals surface area contributed by atoms with Gasteiger partial charge in [-0.2, -0.15) is 5.10 Å². The molecule has 0 radical (unpaired) electrons. The lowest BCUT2D eigenvalue weighted by molar-refractivity contribution is 0.0944. The fourth-order valence-corrected chi connectivity index (χ4v) is 2.71. The molecular weight excluding hydrogens is 340 g/mol. The van der Waals surface area contributed by atoms with Crippen LogP contribution < -0.4 is 10.6 Å². The molecular formula is C21H22N4O2. The number of aryl methyl sites for hydroxylation is 1. The van der Waals surface area contributed by atoms with Crippen molar-refractivity contribution >= 4 is 17.6 Å². The first-order chi connectivity index (χ1) is 13.0. The van der Waals surface area contributed by atoms with E-state index in [0.717, 1.165) is 11.3 Å². The summed E-state index contributed by atoms with van der Waals surface area (Å²) in [5, 5.41) is 10.0. The molecule has 2 amide bonds. The van der Waals surface area contributed by atoms with Gasteiger partial charge in [0.1, 0.15) is 11.4 Å². The minimum Gasteiger partial charge on any atom is -0.350 e. The molecule has 0 atom stereocenters. The predicted molar refractivity (Wildman–Crippen MR) is 105 cm³/mol. The van der Waals surface area contributed by atoms with Gasteiger partial charge in [-0.05, 0) is 45.0 Å². The van der Waals surface area contributed by atoms with Crippen molar-refractivity contribution in [1.82, 2.24) is 15.1 Å². The van der Waals surface area contributed by atoms with Gasteiger partial charge in [0.05, 0.1) is 11.9 Å². The number of nitrogens with one attached hydrogen (secondary N) is 2. The standard InChI is InChI=1S/C21H22N4O2/c1-14(2)23-21(27)18-13-22-25(17-10-5-4-6-11-17)19(18)24-20(26)16-9-7-8-15(3)12-16/h4-14H,1-3H3,(H,23,27)(H,24,26). The summed E-state index contributed by atoms with van der Waals surface area (Å²) in [7, 11) is 0. The SMILES string of the molecule is Cc1cccc(C(=O)Nc2c(C(=O)NC(C)C)cnn2-c2ccccc2)c1. The van der Waals surface area contributed by atoms with Crippen LogP contribution in [0.3, 0.4) is 0 Å². The fourth-order valence-electron chi connectivity index (χ4n) is 2.71. The van der Waals surface area contributed by atoms with Crippen molar-refractivity contribution in [2.75, 3.05) is 5.32 Å². The van der Waals surface area contributed by atoms with Gasteiger partial charge in [-0.3, -0.25) is 9.59 Å². The molecule has 6 heteroatoms. The Kier molecular flexibility index (Phi) is 5.35. The van der Waals surface area contributed by atoms with E-state index >= 15 is 0 Å². The molecule has 27 heavy (non-hydrogen) atoms. The number of hydrogen-bond acceptors (Lipinski definition) is 3. The second-order valence-corrected chi connectivity index (χ2v) is 6.61. The van der Waals surface area contributed by atoms with E-state index in [1.807, 2.05) is 63.2 Å². The average Bonchev–Trinajstić information content (AvgIpc) is 3.05. The molecule has 0 saturated carbocycles. The number of rotatable bonds is 5. The minimum absolute atomic E-state index is 0.0297. The van der Waals surface area contributed by atoms with Crippen LogP contribution in [0.25, 0.3) is 5.69 Å². The highest BCUT2D eigenvalue weighted by atomic mass is 16.2. The molecule has 3 rings (SSSR count). The Bertz CT molecular complexity index is 961. The molecule has 0 aliphatic rings. The minimum atomic E-state index is -0.296. The van der Waals surface area contributed by atoms with Crippen LogP contribution in [0.2, 0.25) is 0 Å². The quantitative estimate of drug-likeness (QED) is 0.728. The van der Waals surface area contributed by atoms with E-state index < -0.39 is 0 Å². The monoisotopic (exact) mass is 362 g/mol. The summed E-state index contributed by atoms with van der Waals surface area (Å²) in [6.07, 6.45) is 1.47. The molecule has 6 nitrogen and oxygen atoms in total. The Morgan fingerprint density at radius 2 is 1.74 bits per heavy atom. The lowest BCUT2D eigenvalue weighted by Gasteiger charge is -2.13. The van der Waals surface area contributed by atoms with Crippen molar-refractivity contribution in [3.05, 3.63) is 77.5 Å². The molecule has 0 bridgehead atoms. The van der Waals surface area contributed by atoms with Gasteiger partial charge in [0.15, 0.2) is 0 Å². The van der Waals surface area contributed by atoms with Crippen LogP contribution in [-0.2, 0) is 0 Å². The van der Waals surface area contributed by atoms with E-state index in [0.29, 0.717) is 16.9 Å². The summed E-state index contributed by atoms with van der Waals surface area (Å²) in [6.45, 7) is 5.68. The van der Waals surface area contributed by atoms with Crippen LogP contribution in [0.5, 0.6) is 0 Å². The predicted octanol–water partition coefficient (Wildman–Crippen LogP) is 3.57. The molecule has 0 unspecified atom stereocenters. The Hall–Kier alpha value is -3.41. The number of carbonyl (C=O) groups excluding carboxylic acids is 2. The van der Waals surface area contributed by atoms with Crippen molar-refractivity contribution < 1.29 is 9.59 Å². The van der Waals surface area contributed by atoms with E-state index in [2.05, 4.69) is 15.7 Å². The molecule has 0 fully saturated rings. The number of nitrogens with zero attached hydrogens (tertiary/aromatic N) is 2. The molecule has 0 spiro atoms. The van der Waals surface area contributed by atoms with E-state index in [9.17, 15) is 9.59 Å². The third-order valence-electron chi connectivity index (χ3n) is 3.95. The van der Waals surface area contributed by atoms with Crippen LogP contribution in [0, 0.1) is 6.92 Å². The molecule has 2 N–H and O–H groups in total. The van der Waals surface area contributed by atoms with Crippen LogP contribution in [0.4, 0.5) is 5.82 Å². The molecule has 2 aromatic carbocycles. The fraction of sp³-hybridized carbons (Fsp3) is 0.190. The van der Waals surface area contributed by atoms with Crippen molar-refractivity contribution in [2.45, 2.75) is 26.8 Å². The Morgan fingerprint density at radius 1 is 1.00 bits per heavy atom. The molecule has 1 heterocycles. The Morgan fingerprint density at radius 3 is 2.41 bits per heavy atom. The van der Waals surface area contributed by atoms with Gasteiger partial charge in [0, 0.05) is 11.6 Å². The maximum Gasteiger partial charge on any atom is 0.256 e. The third kappa shape index (κ3) is 4.23. The zero-order valence-corrected chi connectivity index (χ0v) is 15.6. The van der Waals surface area contributed by atoms with E-state index in [-0.39, 0.29) is 17.9 Å². The first-order valence-electron chi connectivity index (χ1n) is 8.78. The number of carbonyl (C=O) groups is 2. The van der Waals surface area contributed by atoms with Crippen LogP contribution in [-0.4, -0.2) is 27.6 Å². The highest BCUT2D eigenvalue weighted by molar-refractivity contribution is 6.08. The van der Waals surface area contributed by atoms with Gasteiger partial charge in [0.2, 0.25) is 0 Å². The van der Waals surface area contributed by atoms with E-state index in [1.54, 1.807) is 16.8 Å². The van der Waals surface area contributed by atoms with Crippen molar-refractivity contribution in [3.8, 4) is 5.69 Å². The van der Waals surface area contributed by atoms with Gasteiger partial charge < -0.3 is 10.6 Å². The highest BCUT2D eigenvalue weighted by Crippen LogP contribution is 2.21. The second-order valence-electron chi connectivity index (χ2n) is 6.61. The van der Waals surface area contributed by atoms with Crippen LogP contribution >= 0.6 is 0 Å². The van der Waals surface area contributed by atoms with Gasteiger partial charge in [0.25, 0.3) is 11.8 Å². The van der Waals surface area contributed by atoms with Gasteiger partial charge in [-0.1, -0.05) is 35.9 Å². The smallest absolute Gasteiger partial charge is 0.256 e. The van der Waals surface area contributed by atoms with Crippen molar-refractivity contribution in [3.63, 3.8) is 0 Å². The number of amides is 2. The molecule has 1 aromatic heterocycles. The number of benzene rings is 2. The lowest BCUT2D eigenvalue weighted by Crippen LogP contribution is -2.31. The topological polar surface area (TPSA) is 76.0 Å². The van der Waals surface area contributed by atoms with Gasteiger partial charge >= 0.3 is 0 Å². The maximum atomic E-state index is 12.8. The zero-order chi connectivity index (χ0) is 19.4. The second kappa shape index (κ2) is 7.86. The maximum absolute atomic E-state index is 12.8. The summed E-state index contributed by atoms with van der Waals surface area (Å²) in [6, 6.07) is 16.6. The van der Waals surface area contributed by atoms with Gasteiger partial charge in [-0.15, -0.1) is 0 Å². The zero-order valence-electron chi connectivity index (χ0n) is 15.6. The largest absolute Gasteiger partial charge is 0.350 e. The lowest BCUT2D eigenvalue weighted by atomic mass is 10.1. The molecule has 3 aromatic rings. The molecule has 0 saturated heterocycles. The highest BCUT2D eigenvalue weighted by Gasteiger charge is 2.21. The summed E-state index contributed by atoms with van der Waals surface area (Å²) in [5.74, 6) is -0.243. The van der Waals surface area contributed by atoms with Crippen molar-refractivity contribution in [1.29, 1.82) is 0 Å². The summed E-state index contributed by atoms with van der Waals surface area (Å²) in [4.78, 5) is 25.3.